The molecule has 3 rings (SSSR count). The third kappa shape index (κ3) is 3.70. The quantitative estimate of drug-likeness (QED) is 0.882. The number of nitrogens with zero attached hydrogens (tertiary/aromatic N) is 3. The molecular formula is C18H26N4O2. The van der Waals surface area contributed by atoms with E-state index in [1.165, 1.54) is 0 Å². The van der Waals surface area contributed by atoms with Gasteiger partial charge < -0.3 is 14.4 Å². The fourth-order valence-electron chi connectivity index (χ4n) is 2.87. The second-order valence-electron chi connectivity index (χ2n) is 6.31. The minimum atomic E-state index is 0.602. The van der Waals surface area contributed by atoms with Crippen LogP contribution in [-0.4, -0.2) is 48.6 Å². The van der Waals surface area contributed by atoms with Gasteiger partial charge in [0.15, 0.2) is 5.82 Å². The Labute approximate surface area is 143 Å². The highest BCUT2D eigenvalue weighted by Crippen LogP contribution is 2.32. The number of aromatic nitrogens is 3. The smallest absolute Gasteiger partial charge is 0.181 e. The maximum absolute atomic E-state index is 5.53. The highest BCUT2D eigenvalue weighted by Gasteiger charge is 2.17. The molecule has 0 amide bonds. The third-order valence-corrected chi connectivity index (χ3v) is 4.56. The summed E-state index contributed by atoms with van der Waals surface area (Å²) in [6.45, 7) is 7.65. The molecule has 24 heavy (non-hydrogen) atoms. The zero-order valence-corrected chi connectivity index (χ0v) is 14.7. The van der Waals surface area contributed by atoms with Crippen molar-refractivity contribution < 1.29 is 9.47 Å². The Morgan fingerprint density at radius 1 is 1.33 bits per heavy atom. The Bertz CT molecular complexity index is 665. The van der Waals surface area contributed by atoms with Crippen LogP contribution in [-0.2, 0) is 11.2 Å². The van der Waals surface area contributed by atoms with Crippen LogP contribution >= 0.6 is 0 Å². The molecule has 0 radical (unpaired) electrons. The Morgan fingerprint density at radius 3 is 2.83 bits per heavy atom. The molecule has 0 aliphatic carbocycles. The molecule has 6 nitrogen and oxygen atoms in total. The van der Waals surface area contributed by atoms with Gasteiger partial charge in [-0.15, -0.1) is 0 Å². The lowest BCUT2D eigenvalue weighted by atomic mass is 10.1. The number of anilines is 1. The monoisotopic (exact) mass is 330 g/mol. The van der Waals surface area contributed by atoms with Crippen LogP contribution in [0.5, 0.6) is 5.75 Å². The maximum atomic E-state index is 5.53. The van der Waals surface area contributed by atoms with Crippen LogP contribution in [0.1, 0.15) is 26.1 Å². The lowest BCUT2D eigenvalue weighted by Gasteiger charge is -2.30. The molecule has 1 aromatic heterocycles. The van der Waals surface area contributed by atoms with Crippen molar-refractivity contribution in [3.8, 4) is 17.1 Å². The van der Waals surface area contributed by atoms with E-state index in [0.717, 1.165) is 67.8 Å². The van der Waals surface area contributed by atoms with Gasteiger partial charge in [-0.2, -0.15) is 5.10 Å². The minimum absolute atomic E-state index is 0.602. The summed E-state index contributed by atoms with van der Waals surface area (Å²) in [7, 11) is 1.70. The first-order chi connectivity index (χ1) is 11.7. The summed E-state index contributed by atoms with van der Waals surface area (Å²) in [6.07, 6.45) is 2.07. The molecule has 1 aliphatic rings. The fourth-order valence-corrected chi connectivity index (χ4v) is 2.87. The predicted molar refractivity (Wildman–Crippen MR) is 94.6 cm³/mol. The van der Waals surface area contributed by atoms with Gasteiger partial charge >= 0.3 is 0 Å². The van der Waals surface area contributed by atoms with Crippen LogP contribution in [0.15, 0.2) is 18.2 Å². The first-order valence-corrected chi connectivity index (χ1v) is 8.63. The number of methoxy groups -OCH3 is 1. The average Bonchev–Trinajstić information content (AvgIpc) is 3.10. The van der Waals surface area contributed by atoms with Crippen molar-refractivity contribution in [3.63, 3.8) is 0 Å². The summed E-state index contributed by atoms with van der Waals surface area (Å²) in [5.41, 5.74) is 2.08. The third-order valence-electron chi connectivity index (χ3n) is 4.56. The zero-order valence-electron chi connectivity index (χ0n) is 14.7. The molecule has 130 valence electrons. The Balaban J connectivity index is 1.85. The number of rotatable bonds is 6. The molecule has 1 saturated heterocycles. The van der Waals surface area contributed by atoms with Crippen molar-refractivity contribution in [1.82, 2.24) is 15.2 Å². The molecule has 2 heterocycles. The van der Waals surface area contributed by atoms with Gasteiger partial charge in [0, 0.05) is 25.1 Å². The van der Waals surface area contributed by atoms with E-state index in [-0.39, 0.29) is 0 Å². The lowest BCUT2D eigenvalue weighted by molar-refractivity contribution is 0.122. The summed E-state index contributed by atoms with van der Waals surface area (Å²) in [5.74, 6) is 3.16. The largest absolute Gasteiger partial charge is 0.495 e. The van der Waals surface area contributed by atoms with E-state index in [1.54, 1.807) is 7.11 Å². The molecule has 1 atom stereocenters. The van der Waals surface area contributed by atoms with Crippen LogP contribution in [0.4, 0.5) is 5.69 Å². The molecule has 0 saturated carbocycles. The summed E-state index contributed by atoms with van der Waals surface area (Å²) in [4.78, 5) is 6.95. The van der Waals surface area contributed by atoms with Crippen molar-refractivity contribution in [2.45, 2.75) is 26.7 Å². The number of aromatic amines is 1. The van der Waals surface area contributed by atoms with Crippen LogP contribution in [0.2, 0.25) is 0 Å². The summed E-state index contributed by atoms with van der Waals surface area (Å²) in [6, 6.07) is 6.12. The number of ether oxygens (including phenoxy) is 2. The van der Waals surface area contributed by atoms with Gasteiger partial charge in [0.25, 0.3) is 0 Å². The van der Waals surface area contributed by atoms with Crippen LogP contribution in [0, 0.1) is 5.92 Å². The van der Waals surface area contributed by atoms with Crippen molar-refractivity contribution in [2.75, 3.05) is 38.3 Å². The number of hydrogen-bond donors (Lipinski definition) is 1. The van der Waals surface area contributed by atoms with E-state index >= 15 is 0 Å². The van der Waals surface area contributed by atoms with Gasteiger partial charge in [-0.1, -0.05) is 20.3 Å². The SMILES string of the molecule is CCC(C)Cc1nc(-c2ccc(OC)c(N3CCOCC3)c2)n[nH]1. The first-order valence-electron chi connectivity index (χ1n) is 8.63. The molecule has 2 aromatic rings. The number of H-pyrrole nitrogens is 1. The van der Waals surface area contributed by atoms with Gasteiger partial charge in [-0.25, -0.2) is 4.98 Å². The fraction of sp³-hybridized carbons (Fsp3) is 0.556. The standard InChI is InChI=1S/C18H26N4O2/c1-4-13(2)11-17-19-18(21-20-17)14-5-6-16(23-3)15(12-14)22-7-9-24-10-8-22/h5-6,12-13H,4,7-11H2,1-3H3,(H,19,20,21). The summed E-state index contributed by atoms with van der Waals surface area (Å²) >= 11 is 0. The second kappa shape index (κ2) is 7.66. The summed E-state index contributed by atoms with van der Waals surface area (Å²) < 4.78 is 11.0. The van der Waals surface area contributed by atoms with Gasteiger partial charge in [-0.05, 0) is 24.1 Å². The Kier molecular flexibility index (Phi) is 5.35. The molecule has 1 unspecified atom stereocenters. The molecular weight excluding hydrogens is 304 g/mol. The van der Waals surface area contributed by atoms with E-state index in [1.807, 2.05) is 12.1 Å². The van der Waals surface area contributed by atoms with Crippen molar-refractivity contribution in [1.29, 1.82) is 0 Å². The van der Waals surface area contributed by atoms with Crippen molar-refractivity contribution >= 4 is 5.69 Å². The normalized spacial score (nSPS) is 16.2. The van der Waals surface area contributed by atoms with E-state index < -0.39 is 0 Å². The Morgan fingerprint density at radius 2 is 2.12 bits per heavy atom. The van der Waals surface area contributed by atoms with Crippen LogP contribution in [0.3, 0.4) is 0 Å². The average molecular weight is 330 g/mol. The maximum Gasteiger partial charge on any atom is 0.181 e. The van der Waals surface area contributed by atoms with Gasteiger partial charge in [-0.3, -0.25) is 5.10 Å². The number of morpholine rings is 1. The highest BCUT2D eigenvalue weighted by molar-refractivity contribution is 5.69. The Hall–Kier alpha value is -2.08. The van der Waals surface area contributed by atoms with Gasteiger partial charge in [0.05, 0.1) is 26.0 Å². The van der Waals surface area contributed by atoms with E-state index in [2.05, 4.69) is 40.0 Å². The van der Waals surface area contributed by atoms with Crippen molar-refractivity contribution in [2.24, 2.45) is 5.92 Å². The van der Waals surface area contributed by atoms with Crippen LogP contribution in [0.25, 0.3) is 11.4 Å². The van der Waals surface area contributed by atoms with E-state index in [4.69, 9.17) is 9.47 Å². The number of benzene rings is 1. The van der Waals surface area contributed by atoms with Crippen LogP contribution < -0.4 is 9.64 Å². The van der Waals surface area contributed by atoms with Gasteiger partial charge in [0.2, 0.25) is 0 Å². The van der Waals surface area contributed by atoms with Gasteiger partial charge in [0.1, 0.15) is 11.6 Å². The molecule has 0 spiro atoms. The molecule has 1 fully saturated rings. The van der Waals surface area contributed by atoms with Crippen molar-refractivity contribution in [3.05, 3.63) is 24.0 Å². The molecule has 1 aliphatic heterocycles. The molecule has 1 aromatic carbocycles. The molecule has 1 N–H and O–H groups in total. The number of nitrogens with one attached hydrogen (secondary N) is 1. The lowest BCUT2D eigenvalue weighted by Crippen LogP contribution is -2.36. The second-order valence-corrected chi connectivity index (χ2v) is 6.31. The van der Waals surface area contributed by atoms with E-state index in [0.29, 0.717) is 5.92 Å². The topological polar surface area (TPSA) is 63.3 Å². The number of hydrogen-bond acceptors (Lipinski definition) is 5. The van der Waals surface area contributed by atoms with E-state index in [9.17, 15) is 0 Å². The zero-order chi connectivity index (χ0) is 16.9. The minimum Gasteiger partial charge on any atom is -0.495 e. The molecule has 6 heteroatoms. The molecule has 0 bridgehead atoms. The first kappa shape index (κ1) is 16.8. The predicted octanol–water partition coefficient (Wildman–Crippen LogP) is 2.91. The summed E-state index contributed by atoms with van der Waals surface area (Å²) in [5, 5.41) is 7.47. The highest BCUT2D eigenvalue weighted by atomic mass is 16.5.